The first-order valence-corrected chi connectivity index (χ1v) is 26.6. The Morgan fingerprint density at radius 1 is 0.333 bits per heavy atom. The van der Waals surface area contributed by atoms with Gasteiger partial charge in [-0.2, -0.15) is 0 Å². The van der Waals surface area contributed by atoms with E-state index in [1.807, 2.05) is 55.5 Å². The molecule has 2 aliphatic rings. The Balaban J connectivity index is 0.934. The van der Waals surface area contributed by atoms with Crippen molar-refractivity contribution in [3.05, 3.63) is 166 Å². The molecule has 15 rings (SSSR count). The van der Waals surface area contributed by atoms with Gasteiger partial charge in [-0.05, 0) is 169 Å². The highest BCUT2D eigenvalue weighted by Crippen LogP contribution is 2.38. The minimum atomic E-state index is -0.109. The molecule has 0 radical (unpaired) electrons. The molecule has 1 unspecified atom stereocenters. The monoisotopic (exact) mass is 1010 g/mol. The number of nitrogens with two attached hydrogens (primary N) is 1. The summed E-state index contributed by atoms with van der Waals surface area (Å²) in [7, 11) is 0. The first-order valence-electron chi connectivity index (χ1n) is 26.6. The summed E-state index contributed by atoms with van der Waals surface area (Å²) in [5.74, 6) is 0.389. The van der Waals surface area contributed by atoms with Crippen molar-refractivity contribution >= 4 is 135 Å². The second-order valence-electron chi connectivity index (χ2n) is 20.8. The molecule has 8 bridgehead atoms. The minimum absolute atomic E-state index is 0.109. The normalized spacial score (nSPS) is 13.1. The summed E-state index contributed by atoms with van der Waals surface area (Å²) in [5, 5.41) is 0. The van der Waals surface area contributed by atoms with Gasteiger partial charge in [-0.25, -0.2) is 49.8 Å². The molecule has 0 saturated carbocycles. The molecule has 2 aliphatic heterocycles. The lowest BCUT2D eigenvalue weighted by atomic mass is 10.0. The third-order valence-electron chi connectivity index (χ3n) is 15.5. The zero-order valence-electron chi connectivity index (χ0n) is 43.5. The zero-order valence-corrected chi connectivity index (χ0v) is 43.5. The summed E-state index contributed by atoms with van der Waals surface area (Å²) in [6, 6.07) is 41.4. The van der Waals surface area contributed by atoms with E-state index in [1.54, 1.807) is 0 Å². The van der Waals surface area contributed by atoms with Crippen molar-refractivity contribution in [2.75, 3.05) is 0 Å². The molecule has 6 aromatic carbocycles. The predicted octanol–water partition coefficient (Wildman–Crippen LogP) is 14.6. The smallest absolute Gasteiger partial charge is 0.0917 e. The van der Waals surface area contributed by atoms with Crippen LogP contribution in [0.5, 0.6) is 0 Å². The van der Waals surface area contributed by atoms with Gasteiger partial charge in [-0.1, -0.05) is 52.0 Å². The lowest BCUT2D eigenvalue weighted by Gasteiger charge is -2.09. The van der Waals surface area contributed by atoms with E-state index in [0.29, 0.717) is 5.92 Å². The van der Waals surface area contributed by atoms with Crippen molar-refractivity contribution in [1.82, 2.24) is 59.8 Å². The third-order valence-corrected chi connectivity index (χ3v) is 15.5. The number of fused-ring (bicyclic) bond motifs is 16. The molecule has 13 nitrogen and oxygen atoms in total. The van der Waals surface area contributed by atoms with E-state index in [9.17, 15) is 0 Å². The van der Waals surface area contributed by atoms with Gasteiger partial charge < -0.3 is 15.7 Å². The largest absolute Gasteiger partial charge is 0.355 e. The van der Waals surface area contributed by atoms with Crippen LogP contribution in [0.2, 0.25) is 0 Å². The average molecular weight is 1010 g/mol. The van der Waals surface area contributed by atoms with E-state index < -0.39 is 0 Å². The Morgan fingerprint density at radius 3 is 1.05 bits per heavy atom. The number of aromatic nitrogens is 12. The van der Waals surface area contributed by atoms with E-state index in [2.05, 4.69) is 135 Å². The summed E-state index contributed by atoms with van der Waals surface area (Å²) in [6.45, 7) is 10.7. The second-order valence-corrected chi connectivity index (χ2v) is 20.8. The fraction of sp³-hybridized carbons (Fsp3) is 0.138. The number of hydrogen-bond acceptors (Lipinski definition) is 11. The molecule has 9 heterocycles. The SMILES string of the molecule is CCc1c2nc(c(CC)c3ccc([nH]3)c(-c3ccc4nc5cc6nc7cc(C(C)N)ccc7nc6cc5nc4c3)c3nc(c(-c4ccc5nc6cc7nc8cc(C(C)C)ccc8nc7cc6nc5c4)c4ccc1[nH]4)C=C3)C=C2. The van der Waals surface area contributed by atoms with E-state index in [4.69, 9.17) is 55.6 Å². The van der Waals surface area contributed by atoms with Crippen LogP contribution in [0.15, 0.2) is 121 Å². The maximum atomic E-state index is 6.21. The lowest BCUT2D eigenvalue weighted by Crippen LogP contribution is -2.04. The maximum absolute atomic E-state index is 6.21. The van der Waals surface area contributed by atoms with Gasteiger partial charge in [0.25, 0.3) is 0 Å². The zero-order chi connectivity index (χ0) is 52.5. The van der Waals surface area contributed by atoms with Crippen LogP contribution in [0, 0.1) is 0 Å². The Labute approximate surface area is 446 Å². The molecule has 7 aromatic heterocycles. The summed E-state index contributed by atoms with van der Waals surface area (Å²) < 4.78 is 0. The molecule has 0 fully saturated rings. The Morgan fingerprint density at radius 2 is 0.654 bits per heavy atom. The van der Waals surface area contributed by atoms with Gasteiger partial charge >= 0.3 is 0 Å². The van der Waals surface area contributed by atoms with Crippen molar-refractivity contribution in [3.8, 4) is 22.3 Å². The Hall–Kier alpha value is -9.72. The van der Waals surface area contributed by atoms with Crippen molar-refractivity contribution in [2.45, 2.75) is 59.4 Å². The lowest BCUT2D eigenvalue weighted by molar-refractivity contribution is 0.819. The van der Waals surface area contributed by atoms with Crippen LogP contribution in [0.1, 0.15) is 91.6 Å². The Kier molecular flexibility index (Phi) is 10.2. The van der Waals surface area contributed by atoms with Crippen LogP contribution in [0.3, 0.4) is 0 Å². The summed E-state index contributed by atoms with van der Waals surface area (Å²) in [5.41, 5.74) is 34.1. The second kappa shape index (κ2) is 17.4. The minimum Gasteiger partial charge on any atom is -0.355 e. The number of H-pyrrole nitrogens is 2. The van der Waals surface area contributed by atoms with Crippen molar-refractivity contribution in [2.24, 2.45) is 5.73 Å². The topological polar surface area (TPSA) is 186 Å². The molecule has 0 amide bonds. The molecule has 0 spiro atoms. The number of hydrogen-bond donors (Lipinski definition) is 3. The van der Waals surface area contributed by atoms with Gasteiger partial charge in [0.05, 0.1) is 111 Å². The molecule has 0 aliphatic carbocycles. The van der Waals surface area contributed by atoms with Crippen LogP contribution in [0.4, 0.5) is 0 Å². The Bertz CT molecular complexity index is 4720. The first-order chi connectivity index (χ1) is 38.1. The van der Waals surface area contributed by atoms with E-state index >= 15 is 0 Å². The molecule has 13 aromatic rings. The summed E-state index contributed by atoms with van der Waals surface area (Å²) >= 11 is 0. The fourth-order valence-electron chi connectivity index (χ4n) is 11.4. The quantitative estimate of drug-likeness (QED) is 0.135. The van der Waals surface area contributed by atoms with Gasteiger partial charge in [0.2, 0.25) is 0 Å². The number of aryl methyl sites for hydroxylation is 2. The predicted molar refractivity (Wildman–Crippen MR) is 318 cm³/mol. The average Bonchev–Trinajstić information content (AvgIpc) is 4.43. The van der Waals surface area contributed by atoms with Crippen molar-refractivity contribution in [3.63, 3.8) is 0 Å². The van der Waals surface area contributed by atoms with Gasteiger partial charge in [-0.15, -0.1) is 0 Å². The molecule has 78 heavy (non-hydrogen) atoms. The summed E-state index contributed by atoms with van der Waals surface area (Å²) in [6.07, 6.45) is 10.1. The first kappa shape index (κ1) is 45.7. The third kappa shape index (κ3) is 7.48. The number of nitrogens with one attached hydrogen (secondary N) is 2. The van der Waals surface area contributed by atoms with Crippen LogP contribution in [-0.2, 0) is 12.8 Å². The number of benzene rings is 6. The van der Waals surface area contributed by atoms with Crippen LogP contribution in [0.25, 0.3) is 157 Å². The molecule has 374 valence electrons. The van der Waals surface area contributed by atoms with Crippen molar-refractivity contribution in [1.29, 1.82) is 0 Å². The molecule has 4 N–H and O–H groups in total. The highest BCUT2D eigenvalue weighted by molar-refractivity contribution is 6.02. The van der Waals surface area contributed by atoms with Gasteiger partial charge in [0.15, 0.2) is 0 Å². The van der Waals surface area contributed by atoms with Gasteiger partial charge in [-0.3, -0.25) is 0 Å². The van der Waals surface area contributed by atoms with Gasteiger partial charge in [0, 0.05) is 50.4 Å². The molecule has 13 heteroatoms. The number of rotatable bonds is 6. The maximum Gasteiger partial charge on any atom is 0.0917 e. The fourth-order valence-corrected chi connectivity index (χ4v) is 11.4. The standard InChI is InChI=1S/C65H49N13/c1-6-38-40-16-17-41(67-40)39(7-2)43-19-21-49(69-43)65(37-11-15-47-55(27-37)78-63-31-57-61(29-59(63)73-47)76-53-25-35(33(5)66)9-13-45(53)71-57)51-23-22-50(74-51)64(48-20-18-42(38)68-48)36-10-14-46-54(26-36)77-62-30-56-60(28-58(62)72-46)75-52-24-34(32(3)4)8-12-44(52)70-56/h8-33,68-69H,6-7,66H2,1-5H3. The molecule has 0 saturated heterocycles. The summed E-state index contributed by atoms with van der Waals surface area (Å²) in [4.78, 5) is 59.3. The van der Waals surface area contributed by atoms with E-state index in [-0.39, 0.29) is 6.04 Å². The van der Waals surface area contributed by atoms with Crippen LogP contribution in [-0.4, -0.2) is 59.8 Å². The van der Waals surface area contributed by atoms with Crippen LogP contribution < -0.4 is 5.73 Å². The van der Waals surface area contributed by atoms with E-state index in [0.717, 1.165) is 185 Å². The molecule has 1 atom stereocenters. The van der Waals surface area contributed by atoms with Gasteiger partial charge in [0.1, 0.15) is 0 Å². The van der Waals surface area contributed by atoms with E-state index in [1.165, 1.54) is 5.56 Å². The molecular formula is C65H49N13. The highest BCUT2D eigenvalue weighted by atomic mass is 14.9. The number of aromatic amines is 2. The molecular weight excluding hydrogens is 963 g/mol. The van der Waals surface area contributed by atoms with Crippen LogP contribution >= 0.6 is 0 Å². The number of nitrogens with zero attached hydrogens (tertiary/aromatic N) is 10. The highest BCUT2D eigenvalue weighted by Gasteiger charge is 2.20. The van der Waals surface area contributed by atoms with Crippen molar-refractivity contribution < 1.29 is 0 Å².